The van der Waals surface area contributed by atoms with E-state index in [1.807, 2.05) is 42.5 Å². The van der Waals surface area contributed by atoms with Gasteiger partial charge in [-0.25, -0.2) is 8.42 Å². The van der Waals surface area contributed by atoms with Crippen LogP contribution in [0.1, 0.15) is 11.1 Å². The molecule has 0 aromatic heterocycles. The van der Waals surface area contributed by atoms with Gasteiger partial charge < -0.3 is 0 Å². The van der Waals surface area contributed by atoms with Gasteiger partial charge in [0, 0.05) is 28.9 Å². The Hall–Kier alpha value is -1.88. The number of sulfonamides is 1. The molecule has 0 amide bonds. The number of hydrogen-bond acceptors (Lipinski definition) is 2. The van der Waals surface area contributed by atoms with E-state index in [0.29, 0.717) is 28.4 Å². The number of nitrogens with zero attached hydrogens (tertiary/aromatic N) is 1. The number of benzene rings is 3. The number of fused-ring (bicyclic) bond motifs is 2. The third kappa shape index (κ3) is 2.51. The first-order valence-corrected chi connectivity index (χ1v) is 9.63. The van der Waals surface area contributed by atoms with Gasteiger partial charge in [-0.05, 0) is 29.7 Å². The van der Waals surface area contributed by atoms with E-state index in [4.69, 9.17) is 11.6 Å². The Morgan fingerprint density at radius 2 is 1.50 bits per heavy atom. The van der Waals surface area contributed by atoms with Crippen molar-refractivity contribution in [1.82, 2.24) is 4.31 Å². The maximum Gasteiger partial charge on any atom is 0.244 e. The zero-order chi connectivity index (χ0) is 16.7. The molecule has 0 saturated heterocycles. The van der Waals surface area contributed by atoms with Crippen LogP contribution in [0.25, 0.3) is 10.8 Å². The molecule has 0 fully saturated rings. The van der Waals surface area contributed by atoms with Gasteiger partial charge in [0.2, 0.25) is 10.0 Å². The van der Waals surface area contributed by atoms with E-state index in [1.165, 1.54) is 5.56 Å². The molecule has 1 aliphatic heterocycles. The van der Waals surface area contributed by atoms with Crippen LogP contribution in [0.4, 0.5) is 0 Å². The first-order chi connectivity index (χ1) is 11.6. The van der Waals surface area contributed by atoms with Crippen LogP contribution in [0.5, 0.6) is 0 Å². The first kappa shape index (κ1) is 15.6. The molecule has 4 rings (SSSR count). The molecule has 1 aliphatic rings. The molecule has 0 radical (unpaired) electrons. The lowest BCUT2D eigenvalue weighted by atomic mass is 10.0. The van der Waals surface area contributed by atoms with Crippen molar-refractivity contribution in [3.05, 3.63) is 76.8 Å². The quantitative estimate of drug-likeness (QED) is 0.688. The fourth-order valence-corrected chi connectivity index (χ4v) is 5.12. The van der Waals surface area contributed by atoms with Gasteiger partial charge in [0.15, 0.2) is 0 Å². The lowest BCUT2D eigenvalue weighted by molar-refractivity contribution is 0.392. The van der Waals surface area contributed by atoms with E-state index in [1.54, 1.807) is 16.4 Å². The molecule has 3 aromatic carbocycles. The molecule has 3 nitrogen and oxygen atoms in total. The Morgan fingerprint density at radius 3 is 2.29 bits per heavy atom. The van der Waals surface area contributed by atoms with Crippen LogP contribution in [-0.2, 0) is 23.0 Å². The molecule has 122 valence electrons. The van der Waals surface area contributed by atoms with Crippen molar-refractivity contribution in [2.24, 2.45) is 0 Å². The molecule has 0 saturated carbocycles. The predicted molar refractivity (Wildman–Crippen MR) is 96.7 cm³/mol. The highest BCUT2D eigenvalue weighted by Gasteiger charge is 2.29. The molecule has 24 heavy (non-hydrogen) atoms. The molecule has 5 heteroatoms. The van der Waals surface area contributed by atoms with Crippen molar-refractivity contribution in [1.29, 1.82) is 0 Å². The Bertz CT molecular complexity index is 1030. The van der Waals surface area contributed by atoms with Gasteiger partial charge in [-0.15, -0.1) is 0 Å². The van der Waals surface area contributed by atoms with Crippen LogP contribution in [0.3, 0.4) is 0 Å². The normalized spacial score (nSPS) is 15.4. The van der Waals surface area contributed by atoms with Crippen LogP contribution >= 0.6 is 11.6 Å². The lowest BCUT2D eigenvalue weighted by Gasteiger charge is -2.28. The molecular weight excluding hydrogens is 342 g/mol. The molecule has 0 bridgehead atoms. The van der Waals surface area contributed by atoms with Crippen LogP contribution < -0.4 is 0 Å². The van der Waals surface area contributed by atoms with E-state index in [2.05, 4.69) is 6.07 Å². The zero-order valence-corrected chi connectivity index (χ0v) is 14.5. The van der Waals surface area contributed by atoms with Crippen LogP contribution in [0.15, 0.2) is 65.6 Å². The Kier molecular flexibility index (Phi) is 3.83. The van der Waals surface area contributed by atoms with Crippen LogP contribution in [0.2, 0.25) is 5.02 Å². The predicted octanol–water partition coefficient (Wildman–Crippen LogP) is 4.24. The van der Waals surface area contributed by atoms with Crippen molar-refractivity contribution < 1.29 is 8.42 Å². The van der Waals surface area contributed by atoms with Crippen molar-refractivity contribution in [3.8, 4) is 0 Å². The summed E-state index contributed by atoms with van der Waals surface area (Å²) in [5.41, 5.74) is 2.30. The third-order valence-electron chi connectivity index (χ3n) is 4.54. The second kappa shape index (κ2) is 5.88. The summed E-state index contributed by atoms with van der Waals surface area (Å²) in [5, 5.41) is 2.00. The topological polar surface area (TPSA) is 37.4 Å². The van der Waals surface area contributed by atoms with Gasteiger partial charge in [0.25, 0.3) is 0 Å². The van der Waals surface area contributed by atoms with E-state index in [-0.39, 0.29) is 0 Å². The van der Waals surface area contributed by atoms with Gasteiger partial charge in [0.1, 0.15) is 0 Å². The lowest BCUT2D eigenvalue weighted by Crippen LogP contribution is -2.36. The largest absolute Gasteiger partial charge is 0.244 e. The smallest absolute Gasteiger partial charge is 0.207 e. The third-order valence-corrected chi connectivity index (χ3v) is 6.78. The summed E-state index contributed by atoms with van der Waals surface area (Å²) < 4.78 is 28.0. The Morgan fingerprint density at radius 1 is 0.833 bits per heavy atom. The van der Waals surface area contributed by atoms with Gasteiger partial charge in [-0.2, -0.15) is 4.31 Å². The molecule has 0 atom stereocenters. The molecular formula is C19H16ClNO2S. The van der Waals surface area contributed by atoms with E-state index < -0.39 is 10.0 Å². The molecule has 0 aliphatic carbocycles. The SMILES string of the molecule is O=S(=O)(c1ccc(Cl)c2ccccc12)N1CCc2ccccc2C1. The number of hydrogen-bond donors (Lipinski definition) is 0. The maximum atomic E-state index is 13.2. The summed E-state index contributed by atoms with van der Waals surface area (Å²) in [6.07, 6.45) is 0.737. The fourth-order valence-electron chi connectivity index (χ4n) is 3.27. The summed E-state index contributed by atoms with van der Waals surface area (Å²) in [6, 6.07) is 18.6. The standard InChI is InChI=1S/C19H16ClNO2S/c20-18-9-10-19(17-8-4-3-7-16(17)18)24(22,23)21-12-11-14-5-1-2-6-15(14)13-21/h1-10H,11-13H2. The summed E-state index contributed by atoms with van der Waals surface area (Å²) in [4.78, 5) is 0.321. The van der Waals surface area contributed by atoms with Crippen LogP contribution in [-0.4, -0.2) is 19.3 Å². The van der Waals surface area contributed by atoms with Gasteiger partial charge in [-0.1, -0.05) is 60.1 Å². The zero-order valence-electron chi connectivity index (χ0n) is 12.9. The minimum absolute atomic E-state index is 0.321. The second-order valence-corrected chi connectivity index (χ2v) is 8.26. The number of halogens is 1. The summed E-state index contributed by atoms with van der Waals surface area (Å²) in [7, 11) is -3.57. The minimum Gasteiger partial charge on any atom is -0.207 e. The minimum atomic E-state index is -3.57. The van der Waals surface area contributed by atoms with E-state index in [9.17, 15) is 8.42 Å². The Labute approximate surface area is 146 Å². The van der Waals surface area contributed by atoms with Crippen molar-refractivity contribution >= 4 is 32.4 Å². The summed E-state index contributed by atoms with van der Waals surface area (Å²) in [6.45, 7) is 0.908. The van der Waals surface area contributed by atoms with E-state index in [0.717, 1.165) is 17.4 Å². The van der Waals surface area contributed by atoms with Crippen molar-refractivity contribution in [2.45, 2.75) is 17.9 Å². The van der Waals surface area contributed by atoms with Gasteiger partial charge in [-0.3, -0.25) is 0 Å². The summed E-state index contributed by atoms with van der Waals surface area (Å²) >= 11 is 6.22. The molecule has 0 unspecified atom stereocenters. The monoisotopic (exact) mass is 357 g/mol. The Balaban J connectivity index is 1.81. The molecule has 0 spiro atoms. The molecule has 0 N–H and O–H groups in total. The fraction of sp³-hybridized carbons (Fsp3) is 0.158. The van der Waals surface area contributed by atoms with Crippen molar-refractivity contribution in [2.75, 3.05) is 6.54 Å². The van der Waals surface area contributed by atoms with Gasteiger partial charge >= 0.3 is 0 Å². The average molecular weight is 358 g/mol. The highest BCUT2D eigenvalue weighted by Crippen LogP contribution is 2.32. The highest BCUT2D eigenvalue weighted by molar-refractivity contribution is 7.89. The average Bonchev–Trinajstić information content (AvgIpc) is 2.61. The van der Waals surface area contributed by atoms with Gasteiger partial charge in [0.05, 0.1) is 4.90 Å². The van der Waals surface area contributed by atoms with E-state index >= 15 is 0 Å². The first-order valence-electron chi connectivity index (χ1n) is 7.81. The number of rotatable bonds is 2. The highest BCUT2D eigenvalue weighted by atomic mass is 35.5. The summed E-state index contributed by atoms with van der Waals surface area (Å²) in [5.74, 6) is 0. The molecule has 1 heterocycles. The molecule has 3 aromatic rings. The second-order valence-electron chi connectivity index (χ2n) is 5.95. The van der Waals surface area contributed by atoms with Crippen molar-refractivity contribution in [3.63, 3.8) is 0 Å². The maximum absolute atomic E-state index is 13.2. The van der Waals surface area contributed by atoms with Crippen LogP contribution in [0, 0.1) is 0 Å².